The fraction of sp³-hybridized carbons (Fsp3) is 0.417. The Balaban J connectivity index is 2.77. The molecule has 0 heterocycles. The SMILES string of the molecule is CCc1cc([N+](=O)[O-])ccc1CC(=O)NCC(F)(F)F. The number of hydrogen-bond acceptors (Lipinski definition) is 3. The summed E-state index contributed by atoms with van der Waals surface area (Å²) in [6, 6.07) is 3.95. The third-order valence-corrected chi connectivity index (χ3v) is 2.62. The first kappa shape index (κ1) is 15.9. The molecule has 0 saturated carbocycles. The van der Waals surface area contributed by atoms with Crippen LogP contribution in [0.25, 0.3) is 0 Å². The maximum Gasteiger partial charge on any atom is 0.405 e. The van der Waals surface area contributed by atoms with Crippen LogP contribution in [-0.2, 0) is 17.6 Å². The van der Waals surface area contributed by atoms with E-state index in [2.05, 4.69) is 0 Å². The number of carbonyl (C=O) groups is 1. The van der Waals surface area contributed by atoms with E-state index in [-0.39, 0.29) is 12.1 Å². The number of halogens is 3. The minimum atomic E-state index is -4.46. The standard InChI is InChI=1S/C12H13F3N2O3/c1-2-8-5-10(17(19)20)4-3-9(8)6-11(18)16-7-12(13,14)15/h3-5H,2,6-7H2,1H3,(H,16,18). The Labute approximate surface area is 112 Å². The highest BCUT2D eigenvalue weighted by molar-refractivity contribution is 5.79. The van der Waals surface area contributed by atoms with Crippen molar-refractivity contribution in [2.75, 3.05) is 6.54 Å². The number of aryl methyl sites for hydroxylation is 1. The van der Waals surface area contributed by atoms with Crippen LogP contribution in [0.3, 0.4) is 0 Å². The molecule has 1 N–H and O–H groups in total. The van der Waals surface area contributed by atoms with E-state index >= 15 is 0 Å². The van der Waals surface area contributed by atoms with E-state index < -0.39 is 23.6 Å². The smallest absolute Gasteiger partial charge is 0.347 e. The highest BCUT2D eigenvalue weighted by atomic mass is 19.4. The largest absolute Gasteiger partial charge is 0.405 e. The maximum absolute atomic E-state index is 12.0. The predicted molar refractivity (Wildman–Crippen MR) is 65.2 cm³/mol. The van der Waals surface area contributed by atoms with Crippen LogP contribution in [0, 0.1) is 10.1 Å². The minimum Gasteiger partial charge on any atom is -0.347 e. The number of nitrogens with one attached hydrogen (secondary N) is 1. The van der Waals surface area contributed by atoms with Crippen molar-refractivity contribution in [3.05, 3.63) is 39.4 Å². The molecule has 110 valence electrons. The summed E-state index contributed by atoms with van der Waals surface area (Å²) in [7, 11) is 0. The first-order valence-corrected chi connectivity index (χ1v) is 5.82. The van der Waals surface area contributed by atoms with Gasteiger partial charge in [-0.15, -0.1) is 0 Å². The lowest BCUT2D eigenvalue weighted by atomic mass is 10.0. The fourth-order valence-corrected chi connectivity index (χ4v) is 1.66. The molecule has 1 rings (SSSR count). The Morgan fingerprint density at radius 2 is 2.00 bits per heavy atom. The Bertz CT molecular complexity index is 515. The van der Waals surface area contributed by atoms with Gasteiger partial charge in [-0.25, -0.2) is 0 Å². The molecule has 1 aromatic rings. The van der Waals surface area contributed by atoms with E-state index in [1.165, 1.54) is 18.2 Å². The van der Waals surface area contributed by atoms with Crippen LogP contribution in [-0.4, -0.2) is 23.6 Å². The Morgan fingerprint density at radius 1 is 1.35 bits per heavy atom. The molecule has 8 heteroatoms. The van der Waals surface area contributed by atoms with Gasteiger partial charge in [-0.05, 0) is 17.5 Å². The molecule has 0 aliphatic rings. The molecule has 20 heavy (non-hydrogen) atoms. The first-order valence-electron chi connectivity index (χ1n) is 5.82. The van der Waals surface area contributed by atoms with Gasteiger partial charge in [-0.1, -0.05) is 13.0 Å². The number of nitro groups is 1. The van der Waals surface area contributed by atoms with Crippen LogP contribution in [0.5, 0.6) is 0 Å². The van der Waals surface area contributed by atoms with Gasteiger partial charge in [-0.3, -0.25) is 14.9 Å². The molecule has 0 bridgehead atoms. The average Bonchev–Trinajstić information content (AvgIpc) is 2.35. The summed E-state index contributed by atoms with van der Waals surface area (Å²) in [6.45, 7) is 0.358. The third-order valence-electron chi connectivity index (χ3n) is 2.62. The van der Waals surface area contributed by atoms with Gasteiger partial charge in [0.1, 0.15) is 6.54 Å². The van der Waals surface area contributed by atoms with E-state index in [0.717, 1.165) is 0 Å². The number of benzene rings is 1. The number of hydrogen-bond donors (Lipinski definition) is 1. The lowest BCUT2D eigenvalue weighted by Gasteiger charge is -2.10. The number of non-ortho nitro benzene ring substituents is 1. The van der Waals surface area contributed by atoms with Gasteiger partial charge < -0.3 is 5.32 Å². The molecular weight excluding hydrogens is 277 g/mol. The van der Waals surface area contributed by atoms with Crippen molar-refractivity contribution in [3.63, 3.8) is 0 Å². The Morgan fingerprint density at radius 3 is 2.50 bits per heavy atom. The van der Waals surface area contributed by atoms with Crippen molar-refractivity contribution in [2.45, 2.75) is 25.9 Å². The second-order valence-electron chi connectivity index (χ2n) is 4.13. The molecule has 1 amide bonds. The van der Waals surface area contributed by atoms with Crippen LogP contribution >= 0.6 is 0 Å². The zero-order valence-electron chi connectivity index (χ0n) is 10.7. The highest BCUT2D eigenvalue weighted by Crippen LogP contribution is 2.19. The number of carbonyl (C=O) groups excluding carboxylic acids is 1. The molecule has 0 radical (unpaired) electrons. The number of nitrogens with zero attached hydrogens (tertiary/aromatic N) is 1. The molecule has 5 nitrogen and oxygen atoms in total. The minimum absolute atomic E-state index is 0.110. The van der Waals surface area contributed by atoms with Gasteiger partial charge in [0.15, 0.2) is 0 Å². The van der Waals surface area contributed by atoms with Crippen LogP contribution in [0.2, 0.25) is 0 Å². The molecule has 0 aliphatic carbocycles. The number of alkyl halides is 3. The molecule has 0 atom stereocenters. The number of amides is 1. The van der Waals surface area contributed by atoms with Crippen molar-refractivity contribution in [1.82, 2.24) is 5.32 Å². The molecule has 0 spiro atoms. The monoisotopic (exact) mass is 290 g/mol. The summed E-state index contributed by atoms with van der Waals surface area (Å²) in [5, 5.41) is 12.4. The van der Waals surface area contributed by atoms with Crippen molar-refractivity contribution >= 4 is 11.6 Å². The fourth-order valence-electron chi connectivity index (χ4n) is 1.66. The normalized spacial score (nSPS) is 11.2. The summed E-state index contributed by atoms with van der Waals surface area (Å²) in [5.41, 5.74) is 0.945. The molecule has 0 fully saturated rings. The maximum atomic E-state index is 12.0. The molecule has 0 unspecified atom stereocenters. The first-order chi connectivity index (χ1) is 9.23. The van der Waals surface area contributed by atoms with E-state index in [4.69, 9.17) is 0 Å². The quantitative estimate of drug-likeness (QED) is 0.668. The van der Waals surface area contributed by atoms with E-state index in [0.29, 0.717) is 17.5 Å². The topological polar surface area (TPSA) is 72.2 Å². The van der Waals surface area contributed by atoms with E-state index in [1.807, 2.05) is 0 Å². The van der Waals surface area contributed by atoms with Gasteiger partial charge in [-0.2, -0.15) is 13.2 Å². The van der Waals surface area contributed by atoms with Crippen LogP contribution in [0.4, 0.5) is 18.9 Å². The van der Waals surface area contributed by atoms with Gasteiger partial charge in [0.05, 0.1) is 11.3 Å². The molecule has 0 aliphatic heterocycles. The lowest BCUT2D eigenvalue weighted by Crippen LogP contribution is -2.34. The van der Waals surface area contributed by atoms with Gasteiger partial charge in [0.2, 0.25) is 5.91 Å². The van der Waals surface area contributed by atoms with Crippen molar-refractivity contribution in [3.8, 4) is 0 Å². The molecular formula is C12H13F3N2O3. The zero-order chi connectivity index (χ0) is 15.3. The van der Waals surface area contributed by atoms with Crippen molar-refractivity contribution < 1.29 is 22.9 Å². The van der Waals surface area contributed by atoms with Crippen LogP contribution in [0.1, 0.15) is 18.1 Å². The summed E-state index contributed by atoms with van der Waals surface area (Å²) < 4.78 is 35.9. The predicted octanol–water partition coefficient (Wildman–Crippen LogP) is 2.38. The van der Waals surface area contributed by atoms with Crippen LogP contribution in [0.15, 0.2) is 18.2 Å². The average molecular weight is 290 g/mol. The second-order valence-corrected chi connectivity index (χ2v) is 4.13. The third kappa shape index (κ3) is 4.87. The Kier molecular flexibility index (Phi) is 5.06. The summed E-state index contributed by atoms with van der Waals surface area (Å²) in [5.74, 6) is -0.772. The second kappa shape index (κ2) is 6.36. The van der Waals surface area contributed by atoms with Crippen LogP contribution < -0.4 is 5.32 Å². The highest BCUT2D eigenvalue weighted by Gasteiger charge is 2.27. The summed E-state index contributed by atoms with van der Waals surface area (Å²) in [6.07, 6.45) is -4.25. The van der Waals surface area contributed by atoms with Crippen molar-refractivity contribution in [2.24, 2.45) is 0 Å². The lowest BCUT2D eigenvalue weighted by molar-refractivity contribution is -0.384. The van der Waals surface area contributed by atoms with Crippen molar-refractivity contribution in [1.29, 1.82) is 0 Å². The molecule has 0 aromatic heterocycles. The Hall–Kier alpha value is -2.12. The number of rotatable bonds is 5. The molecule has 0 saturated heterocycles. The van der Waals surface area contributed by atoms with Gasteiger partial charge >= 0.3 is 6.18 Å². The van der Waals surface area contributed by atoms with Gasteiger partial charge in [0.25, 0.3) is 5.69 Å². The summed E-state index contributed by atoms with van der Waals surface area (Å²) in [4.78, 5) is 21.5. The number of nitro benzene ring substituents is 1. The van der Waals surface area contributed by atoms with E-state index in [9.17, 15) is 28.1 Å². The van der Waals surface area contributed by atoms with Gasteiger partial charge in [0, 0.05) is 12.1 Å². The molecule has 1 aromatic carbocycles. The summed E-state index contributed by atoms with van der Waals surface area (Å²) >= 11 is 0. The van der Waals surface area contributed by atoms with E-state index in [1.54, 1.807) is 12.2 Å². The zero-order valence-corrected chi connectivity index (χ0v) is 10.7.